The maximum atomic E-state index is 11.7. The normalized spacial score (nSPS) is 10.7. The van der Waals surface area contributed by atoms with E-state index in [1.165, 1.54) is 6.33 Å². The first-order valence-corrected chi connectivity index (χ1v) is 5.85. The third-order valence-corrected chi connectivity index (χ3v) is 3.52. The molecule has 6 heteroatoms. The molecule has 0 bridgehead atoms. The first-order chi connectivity index (χ1) is 7.58. The molecule has 0 saturated heterocycles. The van der Waals surface area contributed by atoms with Crippen LogP contribution in [-0.2, 0) is 13.6 Å². The average molecular weight is 330 g/mol. The van der Waals surface area contributed by atoms with Crippen molar-refractivity contribution in [2.45, 2.75) is 13.5 Å². The van der Waals surface area contributed by atoms with Crippen molar-refractivity contribution in [3.05, 3.63) is 43.9 Å². The quantitative estimate of drug-likeness (QED) is 0.770. The van der Waals surface area contributed by atoms with Crippen LogP contribution in [-0.4, -0.2) is 19.3 Å². The van der Waals surface area contributed by atoms with Gasteiger partial charge in [-0.25, -0.2) is 4.98 Å². The summed E-state index contributed by atoms with van der Waals surface area (Å²) in [6, 6.07) is 1.64. The molecule has 2 aromatic rings. The Bertz CT molecular complexity index is 572. The number of aryl methyl sites for hydroxylation is 2. The molecule has 2 heterocycles. The summed E-state index contributed by atoms with van der Waals surface area (Å²) in [7, 11) is 1.81. The molecule has 84 valence electrons. The average Bonchev–Trinajstić information content (AvgIpc) is 2.61. The van der Waals surface area contributed by atoms with Gasteiger partial charge >= 0.3 is 0 Å². The third-order valence-electron chi connectivity index (χ3n) is 2.39. The summed E-state index contributed by atoms with van der Waals surface area (Å²) in [6.07, 6.45) is 3.33. The number of pyridine rings is 1. The van der Waals surface area contributed by atoms with E-state index in [0.717, 1.165) is 15.0 Å². The lowest BCUT2D eigenvalue weighted by molar-refractivity contribution is 0.639. The summed E-state index contributed by atoms with van der Waals surface area (Å²) in [4.78, 5) is 15.8. The Morgan fingerprint density at radius 2 is 2.25 bits per heavy atom. The lowest BCUT2D eigenvalue weighted by Gasteiger charge is -2.06. The van der Waals surface area contributed by atoms with Crippen molar-refractivity contribution in [3.8, 4) is 0 Å². The Hall–Kier alpha value is -1.18. The van der Waals surface area contributed by atoms with Crippen LogP contribution in [0.5, 0.6) is 0 Å². The van der Waals surface area contributed by atoms with Gasteiger partial charge in [0.2, 0.25) is 0 Å². The topological polar surface area (TPSA) is 52.7 Å². The Kier molecular flexibility index (Phi) is 3.08. The smallest absolute Gasteiger partial charge is 0.251 e. The highest BCUT2D eigenvalue weighted by Crippen LogP contribution is 2.07. The molecule has 2 rings (SSSR count). The van der Waals surface area contributed by atoms with Crippen LogP contribution in [0.15, 0.2) is 23.4 Å². The number of rotatable bonds is 2. The van der Waals surface area contributed by atoms with Crippen molar-refractivity contribution in [1.82, 2.24) is 19.3 Å². The standard InChI is InChI=1S/C10H11IN4O/c1-7-3-10(16)15(4-8(7)11)5-9-12-6-13-14(9)2/h3-4,6H,5H2,1-2H3. The van der Waals surface area contributed by atoms with E-state index in [-0.39, 0.29) is 5.56 Å². The third kappa shape index (κ3) is 2.16. The van der Waals surface area contributed by atoms with E-state index < -0.39 is 0 Å². The van der Waals surface area contributed by atoms with Gasteiger partial charge in [-0.05, 0) is 35.1 Å². The van der Waals surface area contributed by atoms with Crippen LogP contribution in [0, 0.1) is 10.5 Å². The minimum atomic E-state index is -0.0130. The molecule has 0 amide bonds. The second-order valence-electron chi connectivity index (χ2n) is 3.57. The second kappa shape index (κ2) is 4.36. The second-order valence-corrected chi connectivity index (χ2v) is 4.73. The summed E-state index contributed by atoms with van der Waals surface area (Å²) in [5.41, 5.74) is 0.987. The highest BCUT2D eigenvalue weighted by molar-refractivity contribution is 14.1. The molecule has 0 saturated carbocycles. The van der Waals surface area contributed by atoms with Crippen LogP contribution in [0.4, 0.5) is 0 Å². The van der Waals surface area contributed by atoms with Gasteiger partial charge in [-0.15, -0.1) is 0 Å². The van der Waals surface area contributed by atoms with Crippen molar-refractivity contribution in [1.29, 1.82) is 0 Å². The Morgan fingerprint density at radius 3 is 2.88 bits per heavy atom. The van der Waals surface area contributed by atoms with Crippen molar-refractivity contribution in [2.24, 2.45) is 7.05 Å². The minimum absolute atomic E-state index is 0.0130. The van der Waals surface area contributed by atoms with Gasteiger partial charge in [0.05, 0.1) is 6.54 Å². The molecule has 0 spiro atoms. The van der Waals surface area contributed by atoms with Gasteiger partial charge in [0.25, 0.3) is 5.56 Å². The Labute approximate surface area is 106 Å². The maximum absolute atomic E-state index is 11.7. The van der Waals surface area contributed by atoms with Crippen molar-refractivity contribution < 1.29 is 0 Å². The van der Waals surface area contributed by atoms with Gasteiger partial charge in [0, 0.05) is 22.9 Å². The molecule has 0 N–H and O–H groups in total. The molecule has 0 atom stereocenters. The van der Waals surface area contributed by atoms with Crippen LogP contribution in [0.3, 0.4) is 0 Å². The zero-order valence-corrected chi connectivity index (χ0v) is 11.2. The lowest BCUT2D eigenvalue weighted by atomic mass is 10.3. The molecule has 0 aliphatic carbocycles. The first kappa shape index (κ1) is 11.3. The molecule has 5 nitrogen and oxygen atoms in total. The largest absolute Gasteiger partial charge is 0.307 e. The molecule has 16 heavy (non-hydrogen) atoms. The van der Waals surface area contributed by atoms with Gasteiger partial charge < -0.3 is 4.57 Å². The molecule has 0 aromatic carbocycles. The summed E-state index contributed by atoms with van der Waals surface area (Å²) in [6.45, 7) is 2.38. The van der Waals surface area contributed by atoms with Gasteiger partial charge in [-0.2, -0.15) is 5.10 Å². The number of aromatic nitrogens is 4. The van der Waals surface area contributed by atoms with Gasteiger partial charge in [0.15, 0.2) is 0 Å². The summed E-state index contributed by atoms with van der Waals surface area (Å²) in [5, 5.41) is 3.97. The molecule has 0 radical (unpaired) electrons. The molecule has 0 aliphatic rings. The fourth-order valence-corrected chi connectivity index (χ4v) is 1.87. The predicted octanol–water partition coefficient (Wildman–Crippen LogP) is 0.938. The highest BCUT2D eigenvalue weighted by Gasteiger charge is 2.05. The van der Waals surface area contributed by atoms with Gasteiger partial charge in [-0.1, -0.05) is 0 Å². The number of hydrogen-bond donors (Lipinski definition) is 0. The van der Waals surface area contributed by atoms with Crippen molar-refractivity contribution >= 4 is 22.6 Å². The molecular formula is C10H11IN4O. The maximum Gasteiger partial charge on any atom is 0.251 e. The molecule has 2 aromatic heterocycles. The van der Waals surface area contributed by atoms with E-state index >= 15 is 0 Å². The zero-order valence-electron chi connectivity index (χ0n) is 9.01. The highest BCUT2D eigenvalue weighted by atomic mass is 127. The molecule has 0 unspecified atom stereocenters. The predicted molar refractivity (Wildman–Crippen MR) is 68.3 cm³/mol. The van der Waals surface area contributed by atoms with Crippen LogP contribution < -0.4 is 5.56 Å². The minimum Gasteiger partial charge on any atom is -0.307 e. The van der Waals surface area contributed by atoms with Gasteiger partial charge in [-0.3, -0.25) is 9.48 Å². The Balaban J connectivity index is 2.39. The first-order valence-electron chi connectivity index (χ1n) is 4.77. The van der Waals surface area contributed by atoms with Crippen LogP contribution in [0.25, 0.3) is 0 Å². The SMILES string of the molecule is Cc1cc(=O)n(Cc2ncnn2C)cc1I. The summed E-state index contributed by atoms with van der Waals surface area (Å²) < 4.78 is 4.37. The fraction of sp³-hybridized carbons (Fsp3) is 0.300. The van der Waals surface area contributed by atoms with Crippen LogP contribution in [0.2, 0.25) is 0 Å². The van der Waals surface area contributed by atoms with Crippen molar-refractivity contribution in [3.63, 3.8) is 0 Å². The van der Waals surface area contributed by atoms with E-state index in [0.29, 0.717) is 6.54 Å². The van der Waals surface area contributed by atoms with Crippen molar-refractivity contribution in [2.75, 3.05) is 0 Å². The molecular weight excluding hydrogens is 319 g/mol. The van der Waals surface area contributed by atoms with Crippen LogP contribution >= 0.6 is 22.6 Å². The number of halogens is 1. The van der Waals surface area contributed by atoms with Gasteiger partial charge in [0.1, 0.15) is 12.2 Å². The van der Waals surface area contributed by atoms with Crippen LogP contribution in [0.1, 0.15) is 11.4 Å². The van der Waals surface area contributed by atoms with E-state index in [4.69, 9.17) is 0 Å². The summed E-state index contributed by atoms with van der Waals surface area (Å²) in [5.74, 6) is 0.766. The number of hydrogen-bond acceptors (Lipinski definition) is 3. The fourth-order valence-electron chi connectivity index (χ4n) is 1.38. The summed E-state index contributed by atoms with van der Waals surface area (Å²) >= 11 is 2.21. The van der Waals surface area contributed by atoms with E-state index in [2.05, 4.69) is 32.7 Å². The Morgan fingerprint density at radius 1 is 1.50 bits per heavy atom. The molecule has 0 aliphatic heterocycles. The van der Waals surface area contributed by atoms with E-state index in [1.54, 1.807) is 15.3 Å². The lowest BCUT2D eigenvalue weighted by Crippen LogP contribution is -2.22. The monoisotopic (exact) mass is 330 g/mol. The molecule has 0 fully saturated rings. The number of nitrogens with zero attached hydrogens (tertiary/aromatic N) is 4. The zero-order chi connectivity index (χ0) is 11.7. The van der Waals surface area contributed by atoms with E-state index in [1.807, 2.05) is 20.2 Å². The van der Waals surface area contributed by atoms with E-state index in [9.17, 15) is 4.79 Å².